The Morgan fingerprint density at radius 1 is 1.29 bits per heavy atom. The predicted molar refractivity (Wildman–Crippen MR) is 84.7 cm³/mol. The van der Waals surface area contributed by atoms with Gasteiger partial charge in [0.25, 0.3) is 0 Å². The van der Waals surface area contributed by atoms with Gasteiger partial charge in [0.2, 0.25) is 0 Å². The fourth-order valence-electron chi connectivity index (χ4n) is 2.12. The molecule has 0 spiro atoms. The second-order valence-electron chi connectivity index (χ2n) is 4.76. The van der Waals surface area contributed by atoms with Gasteiger partial charge in [0.1, 0.15) is 18.1 Å². The molecule has 1 N–H and O–H groups in total. The van der Waals surface area contributed by atoms with Crippen LogP contribution in [-0.4, -0.2) is 17.2 Å². The van der Waals surface area contributed by atoms with Crippen molar-refractivity contribution in [3.05, 3.63) is 51.3 Å². The highest BCUT2D eigenvalue weighted by molar-refractivity contribution is 9.10. The Labute approximate surface area is 132 Å². The molecule has 0 bridgehead atoms. The highest BCUT2D eigenvalue weighted by Crippen LogP contribution is 2.28. The van der Waals surface area contributed by atoms with Gasteiger partial charge >= 0.3 is 0 Å². The van der Waals surface area contributed by atoms with E-state index in [4.69, 9.17) is 14.6 Å². The molecule has 1 aromatic carbocycles. The standard InChI is InChI=1S/C16H18BrNO3/c1-10-7-18-14(11(2)16(10)20-3)9-21-15-5-4-12(8-19)6-13(15)17/h4-7,19H,8-9H2,1-3H3. The number of nitrogens with zero attached hydrogens (tertiary/aromatic N) is 1. The third kappa shape index (κ3) is 3.54. The number of pyridine rings is 1. The third-order valence-corrected chi connectivity index (χ3v) is 3.91. The number of aliphatic hydroxyl groups excluding tert-OH is 1. The number of rotatable bonds is 5. The first-order valence-corrected chi connectivity index (χ1v) is 7.37. The Hall–Kier alpha value is -1.59. The number of aryl methyl sites for hydroxylation is 1. The van der Waals surface area contributed by atoms with Gasteiger partial charge in [-0.1, -0.05) is 6.07 Å². The number of methoxy groups -OCH3 is 1. The summed E-state index contributed by atoms with van der Waals surface area (Å²) >= 11 is 3.44. The van der Waals surface area contributed by atoms with Crippen molar-refractivity contribution in [1.29, 1.82) is 0 Å². The third-order valence-electron chi connectivity index (χ3n) is 3.29. The van der Waals surface area contributed by atoms with Crippen LogP contribution < -0.4 is 9.47 Å². The molecule has 1 heterocycles. The second kappa shape index (κ2) is 6.91. The van der Waals surface area contributed by atoms with Crippen LogP contribution >= 0.6 is 15.9 Å². The largest absolute Gasteiger partial charge is 0.496 e. The summed E-state index contributed by atoms with van der Waals surface area (Å²) < 4.78 is 12.0. The van der Waals surface area contributed by atoms with Crippen molar-refractivity contribution >= 4 is 15.9 Å². The van der Waals surface area contributed by atoms with Gasteiger partial charge in [-0.15, -0.1) is 0 Å². The minimum absolute atomic E-state index is 0.00864. The summed E-state index contributed by atoms with van der Waals surface area (Å²) in [6.07, 6.45) is 1.79. The maximum atomic E-state index is 9.10. The molecule has 0 radical (unpaired) electrons. The molecule has 112 valence electrons. The van der Waals surface area contributed by atoms with Crippen molar-refractivity contribution in [3.8, 4) is 11.5 Å². The van der Waals surface area contributed by atoms with Gasteiger partial charge in [0.05, 0.1) is 23.9 Å². The van der Waals surface area contributed by atoms with E-state index in [0.29, 0.717) is 12.4 Å². The number of benzene rings is 1. The number of ether oxygens (including phenoxy) is 2. The van der Waals surface area contributed by atoms with E-state index in [2.05, 4.69) is 20.9 Å². The summed E-state index contributed by atoms with van der Waals surface area (Å²) in [6, 6.07) is 5.50. The van der Waals surface area contributed by atoms with Crippen LogP contribution in [-0.2, 0) is 13.2 Å². The molecular weight excluding hydrogens is 334 g/mol. The molecule has 2 rings (SSSR count). The minimum atomic E-state index is 0.00864. The molecule has 0 saturated heterocycles. The Morgan fingerprint density at radius 3 is 2.67 bits per heavy atom. The zero-order valence-electron chi connectivity index (χ0n) is 12.3. The van der Waals surface area contributed by atoms with Crippen LogP contribution in [0.5, 0.6) is 11.5 Å². The lowest BCUT2D eigenvalue weighted by atomic mass is 10.1. The van der Waals surface area contributed by atoms with Crippen LogP contribution in [0.3, 0.4) is 0 Å². The molecule has 0 aliphatic rings. The number of hydrogen-bond acceptors (Lipinski definition) is 4. The van der Waals surface area contributed by atoms with E-state index in [-0.39, 0.29) is 6.61 Å². The molecule has 0 aliphatic carbocycles. The first kappa shape index (κ1) is 15.8. The van der Waals surface area contributed by atoms with Crippen molar-refractivity contribution < 1.29 is 14.6 Å². The Kier molecular flexibility index (Phi) is 5.20. The van der Waals surface area contributed by atoms with Gasteiger partial charge in [-0.25, -0.2) is 0 Å². The van der Waals surface area contributed by atoms with Gasteiger partial charge in [-0.05, 0) is 47.5 Å². The maximum absolute atomic E-state index is 9.10. The van der Waals surface area contributed by atoms with E-state index >= 15 is 0 Å². The van der Waals surface area contributed by atoms with Crippen LogP contribution in [0.25, 0.3) is 0 Å². The van der Waals surface area contributed by atoms with E-state index in [1.807, 2.05) is 32.0 Å². The SMILES string of the molecule is COc1c(C)cnc(COc2ccc(CO)cc2Br)c1C. The van der Waals surface area contributed by atoms with E-state index in [1.54, 1.807) is 13.3 Å². The first-order chi connectivity index (χ1) is 10.1. The average Bonchev–Trinajstić information content (AvgIpc) is 2.48. The van der Waals surface area contributed by atoms with Crippen molar-refractivity contribution in [3.63, 3.8) is 0 Å². The van der Waals surface area contributed by atoms with Crippen molar-refractivity contribution in [2.75, 3.05) is 7.11 Å². The summed E-state index contributed by atoms with van der Waals surface area (Å²) in [5.74, 6) is 1.56. The summed E-state index contributed by atoms with van der Waals surface area (Å²) in [5, 5.41) is 9.10. The predicted octanol–water partition coefficient (Wildman–Crippen LogP) is 3.54. The normalized spacial score (nSPS) is 10.5. The van der Waals surface area contributed by atoms with Gasteiger partial charge < -0.3 is 14.6 Å². The van der Waals surface area contributed by atoms with Crippen LogP contribution in [0, 0.1) is 13.8 Å². The first-order valence-electron chi connectivity index (χ1n) is 6.58. The topological polar surface area (TPSA) is 51.6 Å². The molecule has 5 heteroatoms. The lowest BCUT2D eigenvalue weighted by Crippen LogP contribution is -2.04. The van der Waals surface area contributed by atoms with E-state index in [9.17, 15) is 0 Å². The van der Waals surface area contributed by atoms with E-state index < -0.39 is 0 Å². The zero-order chi connectivity index (χ0) is 15.4. The highest BCUT2D eigenvalue weighted by Gasteiger charge is 2.11. The van der Waals surface area contributed by atoms with Crippen LogP contribution in [0.4, 0.5) is 0 Å². The fourth-order valence-corrected chi connectivity index (χ4v) is 2.66. The van der Waals surface area contributed by atoms with Crippen LogP contribution in [0.1, 0.15) is 22.4 Å². The molecule has 0 fully saturated rings. The summed E-state index contributed by atoms with van der Waals surface area (Å²) in [6.45, 7) is 4.31. The molecule has 1 aromatic heterocycles. The lowest BCUT2D eigenvalue weighted by Gasteiger charge is -2.14. The molecule has 0 atom stereocenters. The molecule has 0 aliphatic heterocycles. The lowest BCUT2D eigenvalue weighted by molar-refractivity contribution is 0.280. The van der Waals surface area contributed by atoms with E-state index in [0.717, 1.165) is 32.6 Å². The minimum Gasteiger partial charge on any atom is -0.496 e. The Balaban J connectivity index is 2.17. The second-order valence-corrected chi connectivity index (χ2v) is 5.61. The maximum Gasteiger partial charge on any atom is 0.134 e. The Morgan fingerprint density at radius 2 is 2.05 bits per heavy atom. The highest BCUT2D eigenvalue weighted by atomic mass is 79.9. The Bertz CT molecular complexity index is 644. The van der Waals surface area contributed by atoms with Gasteiger partial charge in [0, 0.05) is 17.3 Å². The van der Waals surface area contributed by atoms with Crippen molar-refractivity contribution in [2.24, 2.45) is 0 Å². The molecule has 0 amide bonds. The average molecular weight is 352 g/mol. The number of aromatic nitrogens is 1. The molecule has 0 saturated carbocycles. The zero-order valence-corrected chi connectivity index (χ0v) is 13.9. The smallest absolute Gasteiger partial charge is 0.134 e. The fraction of sp³-hybridized carbons (Fsp3) is 0.312. The quantitative estimate of drug-likeness (QED) is 0.894. The van der Waals surface area contributed by atoms with Gasteiger partial charge in [-0.2, -0.15) is 0 Å². The molecule has 21 heavy (non-hydrogen) atoms. The monoisotopic (exact) mass is 351 g/mol. The molecule has 4 nitrogen and oxygen atoms in total. The van der Waals surface area contributed by atoms with Gasteiger partial charge in [0.15, 0.2) is 0 Å². The molecule has 0 unspecified atom stereocenters. The van der Waals surface area contributed by atoms with Crippen LogP contribution in [0.2, 0.25) is 0 Å². The molecule has 2 aromatic rings. The van der Waals surface area contributed by atoms with Gasteiger partial charge in [-0.3, -0.25) is 4.98 Å². The number of aliphatic hydroxyl groups is 1. The van der Waals surface area contributed by atoms with Crippen molar-refractivity contribution in [1.82, 2.24) is 4.98 Å². The summed E-state index contributed by atoms with van der Waals surface area (Å²) in [5.41, 5.74) is 3.67. The van der Waals surface area contributed by atoms with E-state index in [1.165, 1.54) is 0 Å². The number of hydrogen-bond donors (Lipinski definition) is 1. The summed E-state index contributed by atoms with van der Waals surface area (Å²) in [7, 11) is 1.66. The summed E-state index contributed by atoms with van der Waals surface area (Å²) in [4.78, 5) is 4.40. The molecular formula is C16H18BrNO3. The van der Waals surface area contributed by atoms with Crippen LogP contribution in [0.15, 0.2) is 28.9 Å². The number of halogens is 1. The van der Waals surface area contributed by atoms with Crippen molar-refractivity contribution in [2.45, 2.75) is 27.1 Å².